The first-order chi connectivity index (χ1) is 22.0. The van der Waals surface area contributed by atoms with Gasteiger partial charge in [-0.25, -0.2) is 0 Å². The van der Waals surface area contributed by atoms with Gasteiger partial charge < -0.3 is 9.47 Å². The second-order valence-corrected chi connectivity index (χ2v) is 14.8. The smallest absolute Gasteiger partial charge is 0.161 e. The van der Waals surface area contributed by atoms with Crippen molar-refractivity contribution in [2.45, 2.75) is 84.5 Å². The van der Waals surface area contributed by atoms with E-state index in [0.29, 0.717) is 18.4 Å². The van der Waals surface area contributed by atoms with Crippen molar-refractivity contribution >= 4 is 31.9 Å². The second-order valence-electron chi connectivity index (χ2n) is 13.0. The van der Waals surface area contributed by atoms with Crippen LogP contribution < -0.4 is 9.47 Å². The Hall–Kier alpha value is -2.56. The van der Waals surface area contributed by atoms with Gasteiger partial charge in [0.1, 0.15) is 0 Å². The molecule has 2 aliphatic carbocycles. The average Bonchev–Trinajstić information content (AvgIpc) is 3.50. The fraction of sp³-hybridized carbons (Fsp3) is 0.415. The zero-order chi connectivity index (χ0) is 31.6. The van der Waals surface area contributed by atoms with Crippen LogP contribution in [-0.2, 0) is 5.41 Å². The molecule has 0 aliphatic heterocycles. The van der Waals surface area contributed by atoms with Crippen LogP contribution in [0.2, 0.25) is 0 Å². The molecule has 0 amide bonds. The fourth-order valence-electron chi connectivity index (χ4n) is 7.57. The summed E-state index contributed by atoms with van der Waals surface area (Å²) >= 11 is 7.67. The summed E-state index contributed by atoms with van der Waals surface area (Å²) in [6.07, 6.45) is 9.55. The Bertz CT molecular complexity index is 1610. The quantitative estimate of drug-likeness (QED) is 0.111. The van der Waals surface area contributed by atoms with Crippen LogP contribution in [0.5, 0.6) is 11.5 Å². The molecule has 6 rings (SSSR count). The van der Waals surface area contributed by atoms with Crippen LogP contribution in [0.4, 0.5) is 0 Å². The van der Waals surface area contributed by atoms with Gasteiger partial charge in [0.25, 0.3) is 0 Å². The van der Waals surface area contributed by atoms with Crippen LogP contribution in [0.3, 0.4) is 0 Å². The molecule has 4 aromatic carbocycles. The van der Waals surface area contributed by atoms with E-state index in [0.717, 1.165) is 39.9 Å². The molecule has 0 saturated heterocycles. The number of ether oxygens (including phenoxy) is 2. The van der Waals surface area contributed by atoms with Crippen molar-refractivity contribution in [1.29, 1.82) is 0 Å². The van der Waals surface area contributed by atoms with Gasteiger partial charge in [-0.2, -0.15) is 0 Å². The minimum absolute atomic E-state index is 0.444. The zero-order valence-electron chi connectivity index (χ0n) is 27.2. The molecule has 2 nitrogen and oxygen atoms in total. The molecule has 0 fully saturated rings. The lowest BCUT2D eigenvalue weighted by molar-refractivity contribution is 0.199. The van der Waals surface area contributed by atoms with E-state index in [4.69, 9.17) is 9.47 Å². The first kappa shape index (κ1) is 32.4. The molecule has 0 saturated carbocycles. The Morgan fingerprint density at radius 2 is 1.04 bits per heavy atom. The standard InChI is InChI=1S/C41H46Br2O2/c1-5-9-13-27(7-3)25-44-39-23-34-31-15-11-12-16-35(31)41(38(34)24-40(39)45-26-28(8-4)14-10-6-2)36-21-29(42)17-19-32(36)33-20-18-30(43)22-37(33)41/h11-12,15-24,27-28H,5-10,13-14,25-26H2,1-4H3. The highest BCUT2D eigenvalue weighted by Gasteiger charge is 2.52. The van der Waals surface area contributed by atoms with E-state index in [1.165, 1.54) is 83.0 Å². The predicted octanol–water partition coefficient (Wildman–Crippen LogP) is 12.7. The third-order valence-electron chi connectivity index (χ3n) is 10.2. The largest absolute Gasteiger partial charge is 0.489 e. The van der Waals surface area contributed by atoms with Gasteiger partial charge in [0.2, 0.25) is 0 Å². The van der Waals surface area contributed by atoms with Crippen molar-refractivity contribution in [2.24, 2.45) is 11.8 Å². The lowest BCUT2D eigenvalue weighted by atomic mass is 9.70. The first-order valence-corrected chi connectivity index (χ1v) is 18.7. The van der Waals surface area contributed by atoms with E-state index in [1.54, 1.807) is 0 Å². The highest BCUT2D eigenvalue weighted by molar-refractivity contribution is 9.10. The van der Waals surface area contributed by atoms with E-state index in [2.05, 4.69) is 132 Å². The van der Waals surface area contributed by atoms with Crippen LogP contribution in [0.1, 0.15) is 101 Å². The fourth-order valence-corrected chi connectivity index (χ4v) is 8.29. The molecule has 2 unspecified atom stereocenters. The van der Waals surface area contributed by atoms with Gasteiger partial charge in [0.15, 0.2) is 11.5 Å². The monoisotopic (exact) mass is 728 g/mol. The molecule has 0 heterocycles. The number of fused-ring (bicyclic) bond motifs is 10. The summed E-state index contributed by atoms with van der Waals surface area (Å²) < 4.78 is 15.8. The van der Waals surface area contributed by atoms with Crippen LogP contribution in [0.25, 0.3) is 22.3 Å². The summed E-state index contributed by atoms with van der Waals surface area (Å²) in [7, 11) is 0. The maximum Gasteiger partial charge on any atom is 0.161 e. The maximum atomic E-state index is 6.84. The van der Waals surface area contributed by atoms with Crippen molar-refractivity contribution in [2.75, 3.05) is 13.2 Å². The topological polar surface area (TPSA) is 18.5 Å². The van der Waals surface area contributed by atoms with Gasteiger partial charge >= 0.3 is 0 Å². The van der Waals surface area contributed by atoms with Crippen LogP contribution >= 0.6 is 31.9 Å². The Morgan fingerprint density at radius 3 is 1.58 bits per heavy atom. The third-order valence-corrected chi connectivity index (χ3v) is 11.2. The molecule has 0 N–H and O–H groups in total. The molecular formula is C41H46Br2O2. The number of rotatable bonds is 14. The summed E-state index contributed by atoms with van der Waals surface area (Å²) in [5, 5.41) is 0. The zero-order valence-corrected chi connectivity index (χ0v) is 30.4. The van der Waals surface area contributed by atoms with E-state index in [-0.39, 0.29) is 0 Å². The lowest BCUT2D eigenvalue weighted by Crippen LogP contribution is -2.26. The van der Waals surface area contributed by atoms with E-state index >= 15 is 0 Å². The Balaban J connectivity index is 1.54. The molecule has 4 heteroatoms. The van der Waals surface area contributed by atoms with Crippen molar-refractivity contribution < 1.29 is 9.47 Å². The number of unbranched alkanes of at least 4 members (excludes halogenated alkanes) is 2. The highest BCUT2D eigenvalue weighted by Crippen LogP contribution is 2.64. The van der Waals surface area contributed by atoms with Gasteiger partial charge in [-0.05, 0) is 106 Å². The Morgan fingerprint density at radius 1 is 0.556 bits per heavy atom. The molecule has 236 valence electrons. The summed E-state index contributed by atoms with van der Waals surface area (Å²) in [4.78, 5) is 0. The van der Waals surface area contributed by atoms with Crippen molar-refractivity contribution in [3.8, 4) is 33.8 Å². The van der Waals surface area contributed by atoms with Crippen molar-refractivity contribution in [1.82, 2.24) is 0 Å². The highest BCUT2D eigenvalue weighted by atomic mass is 79.9. The molecule has 2 atom stereocenters. The van der Waals surface area contributed by atoms with E-state index < -0.39 is 5.41 Å². The maximum absolute atomic E-state index is 6.84. The summed E-state index contributed by atoms with van der Waals surface area (Å²) in [6, 6.07) is 27.2. The SMILES string of the molecule is CCCCC(CC)COc1cc2c(cc1OCC(CC)CCCC)C1(c3ccccc3-2)c2cc(Br)ccc2-c2ccc(Br)cc21. The van der Waals surface area contributed by atoms with Crippen molar-refractivity contribution in [3.05, 3.63) is 104 Å². The van der Waals surface area contributed by atoms with Crippen molar-refractivity contribution in [3.63, 3.8) is 0 Å². The predicted molar refractivity (Wildman–Crippen MR) is 196 cm³/mol. The summed E-state index contributed by atoms with van der Waals surface area (Å²) in [5.41, 5.74) is 9.88. The van der Waals surface area contributed by atoms with Gasteiger partial charge in [-0.3, -0.25) is 0 Å². The van der Waals surface area contributed by atoms with Gasteiger partial charge in [0.05, 0.1) is 18.6 Å². The molecule has 1 spiro atoms. The molecule has 2 aliphatic rings. The number of hydrogen-bond acceptors (Lipinski definition) is 2. The average molecular weight is 731 g/mol. The minimum Gasteiger partial charge on any atom is -0.489 e. The summed E-state index contributed by atoms with van der Waals surface area (Å²) in [6.45, 7) is 10.5. The second kappa shape index (κ2) is 14.1. The molecule has 0 aromatic heterocycles. The molecule has 0 bridgehead atoms. The Kier molecular flexibility index (Phi) is 10.1. The number of halogens is 2. The molecular weight excluding hydrogens is 684 g/mol. The number of hydrogen-bond donors (Lipinski definition) is 0. The summed E-state index contributed by atoms with van der Waals surface area (Å²) in [5.74, 6) is 2.83. The van der Waals surface area contributed by atoms with Gasteiger partial charge in [-0.15, -0.1) is 0 Å². The van der Waals surface area contributed by atoms with E-state index in [9.17, 15) is 0 Å². The van der Waals surface area contributed by atoms with Gasteiger partial charge in [0, 0.05) is 8.95 Å². The lowest BCUT2D eigenvalue weighted by Gasteiger charge is -2.31. The van der Waals surface area contributed by atoms with Crippen LogP contribution in [0, 0.1) is 11.8 Å². The number of benzene rings is 4. The van der Waals surface area contributed by atoms with Gasteiger partial charge in [-0.1, -0.05) is 134 Å². The molecule has 45 heavy (non-hydrogen) atoms. The van der Waals surface area contributed by atoms with E-state index in [1.807, 2.05) is 0 Å². The third kappa shape index (κ3) is 5.91. The normalized spacial score (nSPS) is 14.9. The molecule has 4 aromatic rings. The minimum atomic E-state index is -0.444. The molecule has 0 radical (unpaired) electrons. The van der Waals surface area contributed by atoms with Crippen LogP contribution in [-0.4, -0.2) is 13.2 Å². The van der Waals surface area contributed by atoms with Crippen LogP contribution in [0.15, 0.2) is 81.7 Å². The first-order valence-electron chi connectivity index (χ1n) is 17.1. The Labute approximate surface area is 287 Å².